The Morgan fingerprint density at radius 3 is 2.18 bits per heavy atom. The first kappa shape index (κ1) is 23.9. The molecule has 7 nitrogen and oxygen atoms in total. The van der Waals surface area contributed by atoms with Crippen LogP contribution in [0.1, 0.15) is 16.7 Å². The summed E-state index contributed by atoms with van der Waals surface area (Å²) in [4.78, 5) is 4.76. The number of nitriles is 1. The average Bonchev–Trinajstić information content (AvgIpc) is 2.79. The lowest BCUT2D eigenvalue weighted by Crippen LogP contribution is -2.60. The molecule has 2 fully saturated rings. The SMILES string of the molecule is CS(=O)(=O)N(CCc1ccccc1)CCN1CC2CN(Cc3ccc(C#N)cc3)CC(C1)O2. The summed E-state index contributed by atoms with van der Waals surface area (Å²) >= 11 is 0. The van der Waals surface area contributed by atoms with E-state index in [2.05, 4.69) is 15.9 Å². The van der Waals surface area contributed by atoms with E-state index in [0.29, 0.717) is 31.6 Å². The predicted octanol–water partition coefficient (Wildman–Crippen LogP) is 1.95. The van der Waals surface area contributed by atoms with Crippen molar-refractivity contribution in [3.63, 3.8) is 0 Å². The van der Waals surface area contributed by atoms with E-state index in [9.17, 15) is 8.42 Å². The Bertz CT molecular complexity index is 1040. The zero-order chi connectivity index (χ0) is 23.3. The lowest BCUT2D eigenvalue weighted by atomic mass is 10.1. The number of benzene rings is 2. The maximum Gasteiger partial charge on any atom is 0.211 e. The van der Waals surface area contributed by atoms with Crippen LogP contribution in [0.3, 0.4) is 0 Å². The van der Waals surface area contributed by atoms with Gasteiger partial charge in [0.2, 0.25) is 10.0 Å². The van der Waals surface area contributed by atoms with E-state index >= 15 is 0 Å². The van der Waals surface area contributed by atoms with Crippen LogP contribution in [0.4, 0.5) is 0 Å². The molecule has 8 heteroatoms. The minimum atomic E-state index is -3.26. The molecular formula is C25H32N4O3S. The van der Waals surface area contributed by atoms with Gasteiger partial charge in [0.05, 0.1) is 30.1 Å². The summed E-state index contributed by atoms with van der Waals surface area (Å²) in [6.07, 6.45) is 2.28. The zero-order valence-corrected chi connectivity index (χ0v) is 20.0. The first-order valence-electron chi connectivity index (χ1n) is 11.5. The van der Waals surface area contributed by atoms with Crippen molar-refractivity contribution >= 4 is 10.0 Å². The molecule has 0 aromatic heterocycles. The Morgan fingerprint density at radius 1 is 0.939 bits per heavy atom. The van der Waals surface area contributed by atoms with Gasteiger partial charge in [-0.05, 0) is 29.7 Å². The summed E-state index contributed by atoms with van der Waals surface area (Å²) < 4.78 is 32.5. The molecule has 0 N–H and O–H groups in total. The molecule has 2 bridgehead atoms. The van der Waals surface area contributed by atoms with Crippen LogP contribution in [0.2, 0.25) is 0 Å². The summed E-state index contributed by atoms with van der Waals surface area (Å²) in [7, 11) is -3.26. The molecule has 0 spiro atoms. The normalized spacial score (nSPS) is 21.7. The van der Waals surface area contributed by atoms with Crippen molar-refractivity contribution in [1.82, 2.24) is 14.1 Å². The van der Waals surface area contributed by atoms with Crippen LogP contribution in [0.25, 0.3) is 0 Å². The standard InChI is InChI=1S/C25H32N4O3S/c1-33(30,31)29(12-11-21-5-3-2-4-6-21)14-13-27-17-24-19-28(20-25(18-27)32-24)16-23-9-7-22(15-26)8-10-23/h2-10,24-25H,11-14,16-20H2,1H3. The minimum absolute atomic E-state index is 0.131. The number of ether oxygens (including phenoxy) is 1. The van der Waals surface area contributed by atoms with Gasteiger partial charge >= 0.3 is 0 Å². The van der Waals surface area contributed by atoms with Crippen molar-refractivity contribution in [3.8, 4) is 6.07 Å². The van der Waals surface area contributed by atoms with Crippen LogP contribution in [-0.4, -0.2) is 86.8 Å². The first-order valence-corrected chi connectivity index (χ1v) is 13.3. The molecule has 2 unspecified atom stereocenters. The number of sulfonamides is 1. The third kappa shape index (κ3) is 6.85. The number of morpholine rings is 2. The molecule has 2 saturated heterocycles. The van der Waals surface area contributed by atoms with Gasteiger partial charge in [0.1, 0.15) is 0 Å². The van der Waals surface area contributed by atoms with Crippen molar-refractivity contribution in [2.24, 2.45) is 0 Å². The highest BCUT2D eigenvalue weighted by Crippen LogP contribution is 2.21. The van der Waals surface area contributed by atoms with Gasteiger partial charge in [-0.15, -0.1) is 0 Å². The maximum atomic E-state index is 12.3. The van der Waals surface area contributed by atoms with Crippen LogP contribution in [0.5, 0.6) is 0 Å². The number of nitrogens with zero attached hydrogens (tertiary/aromatic N) is 4. The van der Waals surface area contributed by atoms with Crippen molar-refractivity contribution in [2.45, 2.75) is 25.2 Å². The molecule has 0 aliphatic carbocycles. The molecule has 2 aliphatic heterocycles. The van der Waals surface area contributed by atoms with Gasteiger partial charge in [0, 0.05) is 52.4 Å². The largest absolute Gasteiger partial charge is 0.370 e. The van der Waals surface area contributed by atoms with Gasteiger partial charge in [0.15, 0.2) is 0 Å². The van der Waals surface area contributed by atoms with E-state index in [1.165, 1.54) is 11.8 Å². The van der Waals surface area contributed by atoms with Gasteiger partial charge < -0.3 is 4.74 Å². The highest BCUT2D eigenvalue weighted by atomic mass is 32.2. The minimum Gasteiger partial charge on any atom is -0.370 e. The van der Waals surface area contributed by atoms with Crippen molar-refractivity contribution in [3.05, 3.63) is 71.3 Å². The van der Waals surface area contributed by atoms with Crippen LogP contribution >= 0.6 is 0 Å². The average molecular weight is 469 g/mol. The molecule has 33 heavy (non-hydrogen) atoms. The molecular weight excluding hydrogens is 436 g/mol. The fraction of sp³-hybridized carbons (Fsp3) is 0.480. The molecule has 2 atom stereocenters. The monoisotopic (exact) mass is 468 g/mol. The first-order chi connectivity index (χ1) is 15.9. The van der Waals surface area contributed by atoms with E-state index in [0.717, 1.165) is 38.3 Å². The smallest absolute Gasteiger partial charge is 0.211 e. The molecule has 176 valence electrons. The van der Waals surface area contributed by atoms with Gasteiger partial charge in [-0.1, -0.05) is 42.5 Å². The Kier molecular flexibility index (Phi) is 7.78. The van der Waals surface area contributed by atoms with Crippen LogP contribution in [0, 0.1) is 11.3 Å². The quantitative estimate of drug-likeness (QED) is 0.560. The van der Waals surface area contributed by atoms with Gasteiger partial charge in [-0.2, -0.15) is 5.26 Å². The molecule has 2 aliphatic rings. The van der Waals surface area contributed by atoms with E-state index in [1.54, 1.807) is 4.31 Å². The lowest BCUT2D eigenvalue weighted by molar-refractivity contribution is -0.140. The number of rotatable bonds is 9. The fourth-order valence-electron chi connectivity index (χ4n) is 4.71. The lowest BCUT2D eigenvalue weighted by Gasteiger charge is -2.46. The van der Waals surface area contributed by atoms with E-state index in [-0.39, 0.29) is 12.2 Å². The molecule has 2 aromatic rings. The number of hydrogen-bond acceptors (Lipinski definition) is 6. The topological polar surface area (TPSA) is 76.9 Å². The summed E-state index contributed by atoms with van der Waals surface area (Å²) in [6, 6.07) is 19.9. The van der Waals surface area contributed by atoms with E-state index < -0.39 is 10.0 Å². The second kappa shape index (κ2) is 10.8. The zero-order valence-electron chi connectivity index (χ0n) is 19.1. The molecule has 0 radical (unpaired) electrons. The molecule has 0 saturated carbocycles. The van der Waals surface area contributed by atoms with Crippen LogP contribution in [-0.2, 0) is 27.7 Å². The van der Waals surface area contributed by atoms with Gasteiger partial charge in [0.25, 0.3) is 0 Å². The number of hydrogen-bond donors (Lipinski definition) is 0. The second-order valence-electron chi connectivity index (χ2n) is 9.04. The summed E-state index contributed by atoms with van der Waals surface area (Å²) in [5.74, 6) is 0. The van der Waals surface area contributed by atoms with Gasteiger partial charge in [-0.25, -0.2) is 12.7 Å². The molecule has 2 heterocycles. The highest BCUT2D eigenvalue weighted by Gasteiger charge is 2.35. The summed E-state index contributed by atoms with van der Waals surface area (Å²) in [5.41, 5.74) is 3.03. The fourth-order valence-corrected chi connectivity index (χ4v) is 5.55. The number of fused-ring (bicyclic) bond motifs is 2. The van der Waals surface area contributed by atoms with Crippen molar-refractivity contribution in [1.29, 1.82) is 5.26 Å². The highest BCUT2D eigenvalue weighted by molar-refractivity contribution is 7.88. The van der Waals surface area contributed by atoms with E-state index in [1.807, 2.05) is 54.6 Å². The third-order valence-electron chi connectivity index (χ3n) is 6.35. The van der Waals surface area contributed by atoms with Crippen molar-refractivity contribution < 1.29 is 13.2 Å². The molecule has 2 aromatic carbocycles. The molecule has 0 amide bonds. The Morgan fingerprint density at radius 2 is 1.58 bits per heavy atom. The predicted molar refractivity (Wildman–Crippen MR) is 128 cm³/mol. The van der Waals surface area contributed by atoms with Gasteiger partial charge in [-0.3, -0.25) is 9.80 Å². The molecule has 4 rings (SSSR count). The van der Waals surface area contributed by atoms with Crippen molar-refractivity contribution in [2.75, 3.05) is 52.1 Å². The van der Waals surface area contributed by atoms with Crippen LogP contribution < -0.4 is 0 Å². The third-order valence-corrected chi connectivity index (χ3v) is 7.65. The summed E-state index contributed by atoms with van der Waals surface area (Å²) in [5, 5.41) is 8.97. The maximum absolute atomic E-state index is 12.3. The Hall–Kier alpha value is -2.28. The summed E-state index contributed by atoms with van der Waals surface area (Å²) in [6.45, 7) is 5.91. The Balaban J connectivity index is 1.27. The van der Waals surface area contributed by atoms with E-state index in [4.69, 9.17) is 10.00 Å². The second-order valence-corrected chi connectivity index (χ2v) is 11.0. The Labute approximate surface area is 197 Å². The van der Waals surface area contributed by atoms with Crippen LogP contribution in [0.15, 0.2) is 54.6 Å².